The van der Waals surface area contributed by atoms with Gasteiger partial charge in [-0.1, -0.05) is 12.1 Å². The third-order valence-corrected chi connectivity index (χ3v) is 5.84. The smallest absolute Gasteiger partial charge is 0.229 e. The molecule has 0 spiro atoms. The molecular weight excluding hydrogens is 440 g/mol. The zero-order valence-electron chi connectivity index (χ0n) is 17.4. The number of hydrogen-bond acceptors (Lipinski definition) is 11. The molecule has 0 saturated carbocycles. The third kappa shape index (κ3) is 3.99. The Labute approximate surface area is 187 Å². The van der Waals surface area contributed by atoms with E-state index in [1.165, 1.54) is 37.3 Å². The fourth-order valence-corrected chi connectivity index (χ4v) is 3.86. The number of phenols is 2. The Hall–Kier alpha value is -2.93. The van der Waals surface area contributed by atoms with Gasteiger partial charge in [0, 0.05) is 11.6 Å². The molecule has 2 aromatic rings. The summed E-state index contributed by atoms with van der Waals surface area (Å²) >= 11 is 0. The first kappa shape index (κ1) is 23.2. The summed E-state index contributed by atoms with van der Waals surface area (Å²) in [6.07, 6.45) is -10.4. The van der Waals surface area contributed by atoms with Crippen LogP contribution in [0.4, 0.5) is 0 Å². The van der Waals surface area contributed by atoms with Crippen molar-refractivity contribution in [2.75, 3.05) is 6.61 Å². The van der Waals surface area contributed by atoms with E-state index in [1.807, 2.05) is 0 Å². The standard InChI is InChI=1S/C22H24O11/c1-8-11(32-22-20(30)18(28)16(26)13(7-23)33-22)6-12-14(15(8)25)17(27)19(29)21(31-12)9-2-4-10(24)5-3-9/h2-6,13,16,18-26,28-30H,7H2,1H3. The molecule has 7 unspecified atom stereocenters. The number of ketones is 1. The Kier molecular flexibility index (Phi) is 6.18. The summed E-state index contributed by atoms with van der Waals surface area (Å²) < 4.78 is 16.7. The summed E-state index contributed by atoms with van der Waals surface area (Å²) in [6, 6.07) is 6.95. The monoisotopic (exact) mass is 464 g/mol. The quantitative estimate of drug-likeness (QED) is 0.302. The number of aliphatic hydroxyl groups excluding tert-OH is 5. The van der Waals surface area contributed by atoms with Crippen LogP contribution in [0.1, 0.15) is 27.6 Å². The summed E-state index contributed by atoms with van der Waals surface area (Å²) in [6.45, 7) is 0.768. The molecule has 1 fully saturated rings. The van der Waals surface area contributed by atoms with E-state index in [4.69, 9.17) is 14.2 Å². The van der Waals surface area contributed by atoms with Gasteiger partial charge in [-0.2, -0.15) is 0 Å². The maximum atomic E-state index is 12.8. The van der Waals surface area contributed by atoms with Gasteiger partial charge in [0.15, 0.2) is 12.2 Å². The average molecular weight is 464 g/mol. The van der Waals surface area contributed by atoms with Crippen LogP contribution in [0.15, 0.2) is 30.3 Å². The van der Waals surface area contributed by atoms with E-state index < -0.39 is 61.1 Å². The molecule has 4 rings (SSSR count). The second-order valence-electron chi connectivity index (χ2n) is 7.98. The minimum atomic E-state index is -1.69. The molecule has 0 aromatic heterocycles. The zero-order chi connectivity index (χ0) is 24.0. The maximum absolute atomic E-state index is 12.8. The molecule has 0 radical (unpaired) electrons. The predicted molar refractivity (Wildman–Crippen MR) is 109 cm³/mol. The minimum Gasteiger partial charge on any atom is -0.508 e. The normalized spacial score (nSPS) is 31.6. The molecule has 0 amide bonds. The Bertz CT molecular complexity index is 1040. The first-order valence-corrected chi connectivity index (χ1v) is 10.2. The highest BCUT2D eigenvalue weighted by Gasteiger charge is 2.45. The van der Waals surface area contributed by atoms with Crippen LogP contribution in [0.3, 0.4) is 0 Å². The summed E-state index contributed by atoms with van der Waals surface area (Å²) in [4.78, 5) is 12.8. The molecule has 11 heteroatoms. The zero-order valence-corrected chi connectivity index (χ0v) is 17.4. The van der Waals surface area contributed by atoms with Crippen molar-refractivity contribution in [1.29, 1.82) is 0 Å². The van der Waals surface area contributed by atoms with Gasteiger partial charge in [-0.05, 0) is 24.6 Å². The minimum absolute atomic E-state index is 0.0146. The molecule has 2 heterocycles. The van der Waals surface area contributed by atoms with Crippen LogP contribution >= 0.6 is 0 Å². The number of Topliss-reactive ketones (excluding diaryl/α,β-unsaturated/α-hetero) is 1. The number of aromatic hydroxyl groups is 2. The predicted octanol–water partition coefficient (Wildman–Crippen LogP) is -0.738. The van der Waals surface area contributed by atoms with Gasteiger partial charge in [-0.15, -0.1) is 0 Å². The Morgan fingerprint density at radius 2 is 1.67 bits per heavy atom. The summed E-state index contributed by atoms with van der Waals surface area (Å²) in [5, 5.41) is 70.1. The average Bonchev–Trinajstić information content (AvgIpc) is 2.80. The topological polar surface area (TPSA) is 186 Å². The Balaban J connectivity index is 1.68. The molecule has 0 aliphatic carbocycles. The van der Waals surface area contributed by atoms with Crippen molar-refractivity contribution in [1.82, 2.24) is 0 Å². The Morgan fingerprint density at radius 1 is 1.00 bits per heavy atom. The molecule has 1 saturated heterocycles. The van der Waals surface area contributed by atoms with Crippen molar-refractivity contribution >= 4 is 5.78 Å². The van der Waals surface area contributed by atoms with Gasteiger partial charge in [0.2, 0.25) is 12.1 Å². The van der Waals surface area contributed by atoms with Crippen molar-refractivity contribution < 1.29 is 54.8 Å². The van der Waals surface area contributed by atoms with E-state index in [0.29, 0.717) is 5.56 Å². The number of carbonyl (C=O) groups is 1. The molecule has 0 bridgehead atoms. The number of ether oxygens (including phenoxy) is 3. The molecular formula is C22H24O11. The lowest BCUT2D eigenvalue weighted by Crippen LogP contribution is -2.60. The maximum Gasteiger partial charge on any atom is 0.229 e. The van der Waals surface area contributed by atoms with E-state index >= 15 is 0 Å². The summed E-state index contributed by atoms with van der Waals surface area (Å²) in [5.41, 5.74) is 0.213. The summed E-state index contributed by atoms with van der Waals surface area (Å²) in [5.74, 6) is -1.48. The molecule has 7 N–H and O–H groups in total. The molecule has 2 aliphatic rings. The van der Waals surface area contributed by atoms with Crippen molar-refractivity contribution in [2.24, 2.45) is 0 Å². The van der Waals surface area contributed by atoms with Gasteiger partial charge in [-0.3, -0.25) is 4.79 Å². The number of benzene rings is 2. The third-order valence-electron chi connectivity index (χ3n) is 5.84. The molecule has 11 nitrogen and oxygen atoms in total. The summed E-state index contributed by atoms with van der Waals surface area (Å²) in [7, 11) is 0. The number of carbonyl (C=O) groups excluding carboxylic acids is 1. The second kappa shape index (κ2) is 8.78. The highest BCUT2D eigenvalue weighted by molar-refractivity contribution is 6.06. The van der Waals surface area contributed by atoms with Crippen LogP contribution in [-0.4, -0.2) is 84.9 Å². The van der Waals surface area contributed by atoms with E-state index in [-0.39, 0.29) is 28.4 Å². The highest BCUT2D eigenvalue weighted by atomic mass is 16.7. The fraction of sp³-hybridized carbons (Fsp3) is 0.409. The van der Waals surface area contributed by atoms with Crippen LogP contribution in [0.2, 0.25) is 0 Å². The van der Waals surface area contributed by atoms with E-state index in [0.717, 1.165) is 0 Å². The number of aliphatic hydroxyl groups is 5. The van der Waals surface area contributed by atoms with Crippen LogP contribution < -0.4 is 9.47 Å². The van der Waals surface area contributed by atoms with Gasteiger partial charge in [-0.25, -0.2) is 0 Å². The fourth-order valence-electron chi connectivity index (χ4n) is 3.86. The van der Waals surface area contributed by atoms with E-state index in [1.54, 1.807) is 0 Å². The Morgan fingerprint density at radius 3 is 2.30 bits per heavy atom. The van der Waals surface area contributed by atoms with Gasteiger partial charge >= 0.3 is 0 Å². The van der Waals surface area contributed by atoms with Crippen LogP contribution in [0, 0.1) is 6.92 Å². The number of rotatable bonds is 4. The molecule has 7 atom stereocenters. The molecule has 178 valence electrons. The van der Waals surface area contributed by atoms with Crippen molar-refractivity contribution in [3.8, 4) is 23.0 Å². The lowest BCUT2D eigenvalue weighted by atomic mass is 9.91. The van der Waals surface area contributed by atoms with Crippen LogP contribution in [0.5, 0.6) is 23.0 Å². The van der Waals surface area contributed by atoms with E-state index in [2.05, 4.69) is 0 Å². The number of fused-ring (bicyclic) bond motifs is 1. The SMILES string of the molecule is Cc1c(OC2OC(CO)C(O)C(O)C2O)cc2c(c1O)C(=O)C(O)C(c1ccc(O)cc1)O2. The molecule has 33 heavy (non-hydrogen) atoms. The van der Waals surface area contributed by atoms with Crippen molar-refractivity contribution in [3.63, 3.8) is 0 Å². The van der Waals surface area contributed by atoms with Gasteiger partial charge in [0.1, 0.15) is 53.0 Å². The first-order chi connectivity index (χ1) is 15.6. The largest absolute Gasteiger partial charge is 0.508 e. The van der Waals surface area contributed by atoms with E-state index in [9.17, 15) is 40.5 Å². The number of hydrogen-bond donors (Lipinski definition) is 7. The second-order valence-corrected chi connectivity index (χ2v) is 7.98. The van der Waals surface area contributed by atoms with Crippen molar-refractivity contribution in [3.05, 3.63) is 47.0 Å². The number of phenolic OH excluding ortho intramolecular Hbond substituents is 2. The van der Waals surface area contributed by atoms with Crippen molar-refractivity contribution in [2.45, 2.75) is 49.8 Å². The first-order valence-electron chi connectivity index (χ1n) is 10.2. The van der Waals surface area contributed by atoms with Crippen LogP contribution in [0.25, 0.3) is 0 Å². The lowest BCUT2D eigenvalue weighted by molar-refractivity contribution is -0.277. The molecule has 2 aromatic carbocycles. The van der Waals surface area contributed by atoms with Gasteiger partial charge < -0.3 is 50.0 Å². The molecule has 2 aliphatic heterocycles. The highest BCUT2D eigenvalue weighted by Crippen LogP contribution is 2.45. The van der Waals surface area contributed by atoms with Gasteiger partial charge in [0.25, 0.3) is 0 Å². The lowest BCUT2D eigenvalue weighted by Gasteiger charge is -2.40. The van der Waals surface area contributed by atoms with Crippen LogP contribution in [-0.2, 0) is 4.74 Å². The van der Waals surface area contributed by atoms with Gasteiger partial charge in [0.05, 0.1) is 6.61 Å².